The standard InChI is InChI=1S/C15H19NO2/c1-2-4-12(5-3-1)14-10-18-15(11-17-14)13-6-8-16-9-7-13/h1-2,4,10-11,13,16H,3,5-9H2. The van der Waals surface area contributed by atoms with E-state index in [1.807, 2.05) is 0 Å². The zero-order chi connectivity index (χ0) is 12.2. The number of hydrogen-bond donors (Lipinski definition) is 1. The van der Waals surface area contributed by atoms with Crippen molar-refractivity contribution < 1.29 is 9.47 Å². The van der Waals surface area contributed by atoms with Gasteiger partial charge in [0.05, 0.1) is 0 Å². The van der Waals surface area contributed by atoms with E-state index in [1.165, 1.54) is 5.57 Å². The van der Waals surface area contributed by atoms with E-state index in [9.17, 15) is 0 Å². The Morgan fingerprint density at radius 1 is 1.11 bits per heavy atom. The number of allylic oxidation sites excluding steroid dienone is 5. The summed E-state index contributed by atoms with van der Waals surface area (Å²) in [7, 11) is 0. The van der Waals surface area contributed by atoms with Crippen LogP contribution in [0.15, 0.2) is 47.8 Å². The van der Waals surface area contributed by atoms with Gasteiger partial charge < -0.3 is 14.8 Å². The van der Waals surface area contributed by atoms with Gasteiger partial charge in [-0.05, 0) is 44.3 Å². The van der Waals surface area contributed by atoms with Gasteiger partial charge in [-0.15, -0.1) is 0 Å². The number of rotatable bonds is 2. The first kappa shape index (κ1) is 11.6. The van der Waals surface area contributed by atoms with Gasteiger partial charge in [0.2, 0.25) is 0 Å². The van der Waals surface area contributed by atoms with Gasteiger partial charge in [0.1, 0.15) is 18.3 Å². The van der Waals surface area contributed by atoms with Crippen LogP contribution in [0.5, 0.6) is 0 Å². The lowest BCUT2D eigenvalue weighted by Gasteiger charge is -2.26. The molecule has 3 rings (SSSR count). The summed E-state index contributed by atoms with van der Waals surface area (Å²) in [6, 6.07) is 0. The largest absolute Gasteiger partial charge is 0.462 e. The van der Waals surface area contributed by atoms with Crippen molar-refractivity contribution in [2.45, 2.75) is 25.7 Å². The molecule has 0 amide bonds. The molecule has 0 spiro atoms. The summed E-state index contributed by atoms with van der Waals surface area (Å²) in [5, 5.41) is 3.36. The van der Waals surface area contributed by atoms with Crippen LogP contribution in [-0.2, 0) is 9.47 Å². The average Bonchev–Trinajstić information content (AvgIpc) is 2.49. The van der Waals surface area contributed by atoms with E-state index in [2.05, 4.69) is 23.5 Å². The molecule has 18 heavy (non-hydrogen) atoms. The predicted octanol–water partition coefficient (Wildman–Crippen LogP) is 2.99. The molecule has 3 nitrogen and oxygen atoms in total. The smallest absolute Gasteiger partial charge is 0.164 e. The topological polar surface area (TPSA) is 30.5 Å². The Bertz CT molecular complexity index is 426. The predicted molar refractivity (Wildman–Crippen MR) is 70.4 cm³/mol. The Kier molecular flexibility index (Phi) is 3.51. The summed E-state index contributed by atoms with van der Waals surface area (Å²) in [6.07, 6.45) is 14.3. The summed E-state index contributed by atoms with van der Waals surface area (Å²) in [5.41, 5.74) is 1.22. The van der Waals surface area contributed by atoms with Gasteiger partial charge in [-0.1, -0.05) is 18.2 Å². The summed E-state index contributed by atoms with van der Waals surface area (Å²) in [4.78, 5) is 0. The Balaban J connectivity index is 1.62. The van der Waals surface area contributed by atoms with Crippen LogP contribution in [-0.4, -0.2) is 13.1 Å². The van der Waals surface area contributed by atoms with Crippen molar-refractivity contribution in [3.8, 4) is 0 Å². The minimum atomic E-state index is 0.504. The molecule has 0 aromatic rings. The SMILES string of the molecule is C1=CCCC(C2=COC(C3CCNCC3)=CO2)=C1. The maximum absolute atomic E-state index is 5.76. The monoisotopic (exact) mass is 245 g/mol. The average molecular weight is 245 g/mol. The van der Waals surface area contributed by atoms with Crippen molar-refractivity contribution in [3.63, 3.8) is 0 Å². The first-order valence-electron chi connectivity index (χ1n) is 6.74. The maximum Gasteiger partial charge on any atom is 0.164 e. The van der Waals surface area contributed by atoms with Gasteiger partial charge in [0.25, 0.3) is 0 Å². The summed E-state index contributed by atoms with van der Waals surface area (Å²) >= 11 is 0. The van der Waals surface area contributed by atoms with E-state index < -0.39 is 0 Å². The van der Waals surface area contributed by atoms with E-state index in [0.717, 1.165) is 50.3 Å². The summed E-state index contributed by atoms with van der Waals surface area (Å²) < 4.78 is 11.5. The van der Waals surface area contributed by atoms with Gasteiger partial charge >= 0.3 is 0 Å². The summed E-state index contributed by atoms with van der Waals surface area (Å²) in [5.74, 6) is 2.34. The number of piperidine rings is 1. The van der Waals surface area contributed by atoms with Gasteiger partial charge in [-0.25, -0.2) is 0 Å². The third-order valence-corrected chi connectivity index (χ3v) is 3.68. The third kappa shape index (κ3) is 2.51. The Morgan fingerprint density at radius 3 is 2.67 bits per heavy atom. The van der Waals surface area contributed by atoms with Crippen LogP contribution in [0.3, 0.4) is 0 Å². The minimum Gasteiger partial charge on any atom is -0.462 e. The number of nitrogens with one attached hydrogen (secondary N) is 1. The van der Waals surface area contributed by atoms with Crippen molar-refractivity contribution in [2.24, 2.45) is 5.92 Å². The molecule has 1 fully saturated rings. The maximum atomic E-state index is 5.76. The fourth-order valence-corrected chi connectivity index (χ4v) is 2.56. The molecule has 0 atom stereocenters. The third-order valence-electron chi connectivity index (χ3n) is 3.68. The molecule has 1 N–H and O–H groups in total. The fraction of sp³-hybridized carbons (Fsp3) is 0.467. The molecular weight excluding hydrogens is 226 g/mol. The molecule has 1 aliphatic carbocycles. The first-order chi connectivity index (χ1) is 8.93. The van der Waals surface area contributed by atoms with Crippen LogP contribution in [0.2, 0.25) is 0 Å². The zero-order valence-electron chi connectivity index (χ0n) is 10.5. The second-order valence-corrected chi connectivity index (χ2v) is 4.92. The van der Waals surface area contributed by atoms with Crippen molar-refractivity contribution in [2.75, 3.05) is 13.1 Å². The zero-order valence-corrected chi connectivity index (χ0v) is 10.5. The Morgan fingerprint density at radius 2 is 2.00 bits per heavy atom. The van der Waals surface area contributed by atoms with Crippen LogP contribution in [0, 0.1) is 5.92 Å². The first-order valence-corrected chi connectivity index (χ1v) is 6.74. The highest BCUT2D eigenvalue weighted by Crippen LogP contribution is 2.30. The molecule has 1 saturated heterocycles. The minimum absolute atomic E-state index is 0.504. The van der Waals surface area contributed by atoms with Crippen LogP contribution in [0.1, 0.15) is 25.7 Å². The van der Waals surface area contributed by atoms with E-state index in [1.54, 1.807) is 12.5 Å². The fourth-order valence-electron chi connectivity index (χ4n) is 2.56. The molecule has 2 aliphatic heterocycles. The Labute approximate surface area is 108 Å². The molecule has 3 heteroatoms. The van der Waals surface area contributed by atoms with Crippen LogP contribution in [0.4, 0.5) is 0 Å². The van der Waals surface area contributed by atoms with Crippen LogP contribution < -0.4 is 5.32 Å². The van der Waals surface area contributed by atoms with Gasteiger partial charge in [0.15, 0.2) is 5.76 Å². The molecule has 0 saturated carbocycles. The van der Waals surface area contributed by atoms with Crippen LogP contribution in [0.25, 0.3) is 0 Å². The normalized spacial score (nSPS) is 24.6. The van der Waals surface area contributed by atoms with Gasteiger partial charge in [0, 0.05) is 5.92 Å². The Hall–Kier alpha value is -1.48. The molecule has 96 valence electrons. The van der Waals surface area contributed by atoms with Crippen molar-refractivity contribution in [1.82, 2.24) is 5.32 Å². The highest BCUT2D eigenvalue weighted by atomic mass is 16.5. The molecule has 3 aliphatic rings. The second kappa shape index (κ2) is 5.44. The molecule has 0 unspecified atom stereocenters. The highest BCUT2D eigenvalue weighted by molar-refractivity contribution is 5.33. The summed E-state index contributed by atoms with van der Waals surface area (Å²) in [6.45, 7) is 2.13. The van der Waals surface area contributed by atoms with Crippen molar-refractivity contribution >= 4 is 0 Å². The lowest BCUT2D eigenvalue weighted by molar-refractivity contribution is 0.187. The molecule has 0 aromatic heterocycles. The molecule has 0 bridgehead atoms. The van der Waals surface area contributed by atoms with Gasteiger partial charge in [-0.2, -0.15) is 0 Å². The highest BCUT2D eigenvalue weighted by Gasteiger charge is 2.22. The molecule has 0 aromatic carbocycles. The molecular formula is C15H19NO2. The van der Waals surface area contributed by atoms with Crippen molar-refractivity contribution in [3.05, 3.63) is 47.8 Å². The van der Waals surface area contributed by atoms with Crippen LogP contribution >= 0.6 is 0 Å². The van der Waals surface area contributed by atoms with E-state index >= 15 is 0 Å². The lowest BCUT2D eigenvalue weighted by atomic mass is 9.96. The second-order valence-electron chi connectivity index (χ2n) is 4.92. The van der Waals surface area contributed by atoms with Gasteiger partial charge in [-0.3, -0.25) is 0 Å². The molecule has 2 heterocycles. The number of hydrogen-bond acceptors (Lipinski definition) is 3. The lowest BCUT2D eigenvalue weighted by Crippen LogP contribution is -2.29. The van der Waals surface area contributed by atoms with E-state index in [0.29, 0.717) is 5.92 Å². The number of ether oxygens (including phenoxy) is 2. The van der Waals surface area contributed by atoms with E-state index in [4.69, 9.17) is 9.47 Å². The van der Waals surface area contributed by atoms with Crippen molar-refractivity contribution in [1.29, 1.82) is 0 Å². The quantitative estimate of drug-likeness (QED) is 0.811. The molecule has 0 radical (unpaired) electrons. The van der Waals surface area contributed by atoms with E-state index in [-0.39, 0.29) is 0 Å².